The van der Waals surface area contributed by atoms with Crippen molar-refractivity contribution in [1.29, 1.82) is 0 Å². The van der Waals surface area contributed by atoms with E-state index in [1.165, 1.54) is 29.2 Å². The monoisotopic (exact) mass is 237 g/mol. The fourth-order valence-corrected chi connectivity index (χ4v) is 2.04. The average molecular weight is 237 g/mol. The lowest BCUT2D eigenvalue weighted by Crippen LogP contribution is -2.34. The van der Waals surface area contributed by atoms with Crippen LogP contribution in [0.25, 0.3) is 0 Å². The first kappa shape index (κ1) is 11.6. The minimum absolute atomic E-state index is 0.165. The van der Waals surface area contributed by atoms with E-state index in [1.807, 2.05) is 0 Å². The van der Waals surface area contributed by atoms with Gasteiger partial charge >= 0.3 is 5.97 Å². The molecule has 0 spiro atoms. The van der Waals surface area contributed by atoms with Crippen molar-refractivity contribution in [3.05, 3.63) is 35.6 Å². The molecule has 0 saturated carbocycles. The fraction of sp³-hybridized carbons (Fsp3) is 0.333. The van der Waals surface area contributed by atoms with Crippen LogP contribution in [0, 0.1) is 5.82 Å². The molecule has 1 N–H and O–H groups in total. The Hall–Kier alpha value is -1.91. The number of amides is 1. The number of halogens is 1. The summed E-state index contributed by atoms with van der Waals surface area (Å²) in [6.45, 7) is 0.438. The summed E-state index contributed by atoms with van der Waals surface area (Å²) in [6, 6.07) is 4.20. The number of hydrogen-bond acceptors (Lipinski definition) is 2. The van der Waals surface area contributed by atoms with Gasteiger partial charge in [-0.1, -0.05) is 12.1 Å². The molecule has 4 nitrogen and oxygen atoms in total. The third-order valence-corrected chi connectivity index (χ3v) is 2.84. The summed E-state index contributed by atoms with van der Waals surface area (Å²) >= 11 is 0. The standard InChI is InChI=1S/C12H12FNO3/c13-9-5-3-8(4-6-9)11(12(16)17)14-7-1-2-10(14)15/h3-6,11H,1-2,7H2,(H,16,17). The largest absolute Gasteiger partial charge is 0.479 e. The average Bonchev–Trinajstić information content (AvgIpc) is 2.68. The highest BCUT2D eigenvalue weighted by atomic mass is 19.1. The molecule has 1 saturated heterocycles. The number of hydrogen-bond donors (Lipinski definition) is 1. The molecule has 1 aliphatic heterocycles. The van der Waals surface area contributed by atoms with Crippen molar-refractivity contribution in [3.63, 3.8) is 0 Å². The molecule has 1 heterocycles. The van der Waals surface area contributed by atoms with Crippen molar-refractivity contribution >= 4 is 11.9 Å². The van der Waals surface area contributed by atoms with E-state index >= 15 is 0 Å². The zero-order chi connectivity index (χ0) is 12.4. The Bertz CT molecular complexity index is 444. The van der Waals surface area contributed by atoms with Gasteiger partial charge in [0, 0.05) is 13.0 Å². The van der Waals surface area contributed by atoms with Crippen LogP contribution in [0.3, 0.4) is 0 Å². The highest BCUT2D eigenvalue weighted by Crippen LogP contribution is 2.26. The van der Waals surface area contributed by atoms with Crippen LogP contribution in [0.15, 0.2) is 24.3 Å². The molecular formula is C12H12FNO3. The lowest BCUT2D eigenvalue weighted by molar-refractivity contribution is -0.148. The molecule has 0 radical (unpaired) electrons. The third-order valence-electron chi connectivity index (χ3n) is 2.84. The molecule has 1 aliphatic rings. The van der Waals surface area contributed by atoms with E-state index < -0.39 is 17.8 Å². The van der Waals surface area contributed by atoms with Gasteiger partial charge in [-0.15, -0.1) is 0 Å². The Kier molecular flexibility index (Phi) is 3.08. The van der Waals surface area contributed by atoms with Crippen LogP contribution in [0.5, 0.6) is 0 Å². The van der Waals surface area contributed by atoms with Gasteiger partial charge in [0.15, 0.2) is 6.04 Å². The first-order valence-electron chi connectivity index (χ1n) is 5.37. The minimum Gasteiger partial charge on any atom is -0.479 e. The van der Waals surface area contributed by atoms with Crippen LogP contribution in [0.2, 0.25) is 0 Å². The molecule has 0 aromatic heterocycles. The van der Waals surface area contributed by atoms with E-state index in [2.05, 4.69) is 0 Å². The summed E-state index contributed by atoms with van der Waals surface area (Å²) in [5.41, 5.74) is 0.425. The smallest absolute Gasteiger partial charge is 0.331 e. The van der Waals surface area contributed by atoms with Crippen LogP contribution in [0.1, 0.15) is 24.4 Å². The number of rotatable bonds is 3. The van der Waals surface area contributed by atoms with Gasteiger partial charge < -0.3 is 10.0 Å². The van der Waals surface area contributed by atoms with Gasteiger partial charge in [0.1, 0.15) is 5.82 Å². The number of benzene rings is 1. The molecule has 17 heavy (non-hydrogen) atoms. The normalized spacial score (nSPS) is 17.2. The SMILES string of the molecule is O=C(O)C(c1ccc(F)cc1)N1CCCC1=O. The molecule has 0 bridgehead atoms. The molecule has 1 fully saturated rings. The predicted molar refractivity (Wildman–Crippen MR) is 57.7 cm³/mol. The molecule has 1 atom stereocenters. The quantitative estimate of drug-likeness (QED) is 0.868. The van der Waals surface area contributed by atoms with Crippen molar-refractivity contribution in [2.75, 3.05) is 6.54 Å². The van der Waals surface area contributed by atoms with Gasteiger partial charge in [0.25, 0.3) is 0 Å². The number of nitrogens with zero attached hydrogens (tertiary/aromatic N) is 1. The molecule has 5 heteroatoms. The first-order valence-corrected chi connectivity index (χ1v) is 5.37. The maximum Gasteiger partial charge on any atom is 0.331 e. The van der Waals surface area contributed by atoms with Crippen LogP contribution in [-0.4, -0.2) is 28.4 Å². The van der Waals surface area contributed by atoms with E-state index in [1.54, 1.807) is 0 Å². The molecule has 1 aromatic carbocycles. The van der Waals surface area contributed by atoms with E-state index in [9.17, 15) is 19.1 Å². The number of carboxylic acids is 1. The van der Waals surface area contributed by atoms with Crippen molar-refractivity contribution in [1.82, 2.24) is 4.90 Å². The zero-order valence-corrected chi connectivity index (χ0v) is 9.10. The number of likely N-dealkylation sites (tertiary alicyclic amines) is 1. The maximum absolute atomic E-state index is 12.8. The van der Waals surface area contributed by atoms with Gasteiger partial charge in [0.05, 0.1) is 0 Å². The van der Waals surface area contributed by atoms with E-state index in [0.717, 1.165) is 0 Å². The molecule has 0 aliphatic carbocycles. The lowest BCUT2D eigenvalue weighted by atomic mass is 10.1. The second-order valence-electron chi connectivity index (χ2n) is 3.98. The predicted octanol–water partition coefficient (Wildman–Crippen LogP) is 1.57. The summed E-state index contributed by atoms with van der Waals surface area (Å²) < 4.78 is 12.8. The van der Waals surface area contributed by atoms with Crippen LogP contribution >= 0.6 is 0 Å². The Morgan fingerprint density at radius 2 is 2.00 bits per heavy atom. The summed E-state index contributed by atoms with van der Waals surface area (Å²) in [6.07, 6.45) is 1.05. The Labute approximate surface area is 97.7 Å². The van der Waals surface area contributed by atoms with Crippen LogP contribution in [-0.2, 0) is 9.59 Å². The molecule has 1 unspecified atom stereocenters. The third kappa shape index (κ3) is 2.27. The van der Waals surface area contributed by atoms with Gasteiger partial charge in [0.2, 0.25) is 5.91 Å². The summed E-state index contributed by atoms with van der Waals surface area (Å²) in [7, 11) is 0. The van der Waals surface area contributed by atoms with Crippen molar-refractivity contribution in [2.45, 2.75) is 18.9 Å². The number of carbonyl (C=O) groups is 2. The van der Waals surface area contributed by atoms with Crippen molar-refractivity contribution in [2.24, 2.45) is 0 Å². The highest BCUT2D eigenvalue weighted by Gasteiger charge is 2.33. The second kappa shape index (κ2) is 4.53. The topological polar surface area (TPSA) is 57.6 Å². The Morgan fingerprint density at radius 1 is 1.35 bits per heavy atom. The van der Waals surface area contributed by atoms with Gasteiger partial charge in [-0.25, -0.2) is 9.18 Å². The molecule has 1 aromatic rings. The fourth-order valence-electron chi connectivity index (χ4n) is 2.04. The summed E-state index contributed by atoms with van der Waals surface area (Å²) in [5, 5.41) is 9.19. The summed E-state index contributed by atoms with van der Waals surface area (Å²) in [4.78, 5) is 24.1. The van der Waals surface area contributed by atoms with Crippen LogP contribution in [0.4, 0.5) is 4.39 Å². The van der Waals surface area contributed by atoms with Crippen molar-refractivity contribution in [3.8, 4) is 0 Å². The van der Waals surface area contributed by atoms with Crippen LogP contribution < -0.4 is 0 Å². The molecule has 90 valence electrons. The second-order valence-corrected chi connectivity index (χ2v) is 3.98. The maximum atomic E-state index is 12.8. The van der Waals surface area contributed by atoms with Gasteiger partial charge in [-0.3, -0.25) is 4.79 Å². The first-order chi connectivity index (χ1) is 8.09. The number of carboxylic acid groups (broad SMARTS) is 1. The Balaban J connectivity index is 2.32. The lowest BCUT2D eigenvalue weighted by Gasteiger charge is -2.24. The number of aliphatic carboxylic acids is 1. The van der Waals surface area contributed by atoms with Gasteiger partial charge in [-0.2, -0.15) is 0 Å². The molecule has 1 amide bonds. The number of carbonyl (C=O) groups excluding carboxylic acids is 1. The van der Waals surface area contributed by atoms with Crippen molar-refractivity contribution < 1.29 is 19.1 Å². The summed E-state index contributed by atoms with van der Waals surface area (Å²) in [5.74, 6) is -1.68. The Morgan fingerprint density at radius 3 is 2.47 bits per heavy atom. The highest BCUT2D eigenvalue weighted by molar-refractivity contribution is 5.85. The van der Waals surface area contributed by atoms with E-state index in [4.69, 9.17) is 0 Å². The van der Waals surface area contributed by atoms with Gasteiger partial charge in [-0.05, 0) is 24.1 Å². The minimum atomic E-state index is -1.09. The van der Waals surface area contributed by atoms with E-state index in [-0.39, 0.29) is 5.91 Å². The molecular weight excluding hydrogens is 225 g/mol. The van der Waals surface area contributed by atoms with E-state index in [0.29, 0.717) is 24.9 Å². The zero-order valence-electron chi connectivity index (χ0n) is 9.10. The molecule has 2 rings (SSSR count).